The fraction of sp³-hybridized carbons (Fsp3) is 0.294. The van der Waals surface area contributed by atoms with E-state index in [1.807, 2.05) is 24.3 Å². The summed E-state index contributed by atoms with van der Waals surface area (Å²) < 4.78 is 6.71. The number of benzene rings is 1. The first-order valence-corrected chi connectivity index (χ1v) is 8.36. The van der Waals surface area contributed by atoms with Crippen molar-refractivity contribution >= 4 is 46.7 Å². The molecule has 1 amide bonds. The Morgan fingerprint density at radius 3 is 2.80 bits per heavy atom. The Labute approximate surface area is 167 Å². The zero-order valence-corrected chi connectivity index (χ0v) is 16.6. The van der Waals surface area contributed by atoms with Crippen molar-refractivity contribution in [2.75, 3.05) is 13.1 Å². The van der Waals surface area contributed by atoms with Gasteiger partial charge in [0.25, 0.3) is 5.91 Å². The lowest BCUT2D eigenvalue weighted by atomic mass is 10.1. The Morgan fingerprint density at radius 1 is 1.28 bits per heavy atom. The largest absolute Gasteiger partial charge is 0.438 e. The average molecular weight is 449 g/mol. The van der Waals surface area contributed by atoms with E-state index in [0.717, 1.165) is 23.9 Å². The summed E-state index contributed by atoms with van der Waals surface area (Å²) in [6, 6.07) is 11.0. The Kier molecular flexibility index (Phi) is 8.65. The van der Waals surface area contributed by atoms with Crippen molar-refractivity contribution in [2.24, 2.45) is 5.73 Å². The summed E-state index contributed by atoms with van der Waals surface area (Å²) in [5.41, 5.74) is 6.43. The molecule has 1 aliphatic rings. The maximum atomic E-state index is 12.8. The van der Waals surface area contributed by atoms with E-state index in [-0.39, 0.29) is 36.8 Å². The number of hydrogen-bond acceptors (Lipinski definition) is 4. The Balaban J connectivity index is 0.00000156. The van der Waals surface area contributed by atoms with Crippen molar-refractivity contribution in [3.8, 4) is 11.6 Å². The third kappa shape index (κ3) is 5.57. The van der Waals surface area contributed by atoms with Crippen LogP contribution in [-0.2, 0) is 0 Å². The van der Waals surface area contributed by atoms with Gasteiger partial charge in [0.05, 0.1) is 0 Å². The zero-order valence-electron chi connectivity index (χ0n) is 13.4. The van der Waals surface area contributed by atoms with Gasteiger partial charge in [-0.15, -0.1) is 24.8 Å². The molecule has 1 atom stereocenters. The molecule has 1 aliphatic heterocycles. The number of piperidine rings is 1. The molecule has 0 bridgehead atoms. The average Bonchev–Trinajstić information content (AvgIpc) is 2.55. The predicted octanol–water partition coefficient (Wildman–Crippen LogP) is 4.04. The van der Waals surface area contributed by atoms with E-state index in [1.54, 1.807) is 23.2 Å². The van der Waals surface area contributed by atoms with E-state index in [9.17, 15) is 4.79 Å². The van der Waals surface area contributed by atoms with Crippen LogP contribution in [-0.4, -0.2) is 34.9 Å². The summed E-state index contributed by atoms with van der Waals surface area (Å²) in [4.78, 5) is 18.8. The highest BCUT2D eigenvalue weighted by atomic mass is 79.9. The number of nitrogens with zero attached hydrogens (tertiary/aromatic N) is 2. The molecule has 0 saturated carbocycles. The van der Waals surface area contributed by atoms with E-state index >= 15 is 0 Å². The summed E-state index contributed by atoms with van der Waals surface area (Å²) >= 11 is 3.40. The lowest BCUT2D eigenvalue weighted by molar-refractivity contribution is 0.0705. The number of aromatic nitrogens is 1. The highest BCUT2D eigenvalue weighted by Gasteiger charge is 2.25. The van der Waals surface area contributed by atoms with Gasteiger partial charge in [-0.2, -0.15) is 0 Å². The second-order valence-electron chi connectivity index (χ2n) is 5.57. The molecule has 0 radical (unpaired) electrons. The molecule has 8 heteroatoms. The van der Waals surface area contributed by atoms with Crippen LogP contribution in [0.1, 0.15) is 23.2 Å². The number of likely N-dealkylation sites (tertiary alicyclic amines) is 1. The number of halogens is 3. The van der Waals surface area contributed by atoms with E-state index in [2.05, 4.69) is 20.9 Å². The van der Waals surface area contributed by atoms with Gasteiger partial charge >= 0.3 is 0 Å². The van der Waals surface area contributed by atoms with Gasteiger partial charge in [0.1, 0.15) is 11.3 Å². The molecule has 3 rings (SSSR count). The van der Waals surface area contributed by atoms with Crippen LogP contribution in [0.3, 0.4) is 0 Å². The Bertz CT molecular complexity index is 718. The Hall–Kier alpha value is -1.34. The van der Waals surface area contributed by atoms with Crippen LogP contribution in [0.15, 0.2) is 47.1 Å². The maximum absolute atomic E-state index is 12.8. The molecule has 1 aromatic carbocycles. The normalized spacial score (nSPS) is 16.4. The standard InChI is InChI=1S/C17H18BrN3O2.2ClH/c18-12-4-1-6-14(10-12)23-16-15(7-2-8-20-16)17(22)21-9-3-5-13(19)11-21;;/h1-2,4,6-8,10,13H,3,5,9,11,19H2;2*1H. The minimum atomic E-state index is -0.0850. The van der Waals surface area contributed by atoms with Crippen molar-refractivity contribution in [2.45, 2.75) is 18.9 Å². The predicted molar refractivity (Wildman–Crippen MR) is 106 cm³/mol. The summed E-state index contributed by atoms with van der Waals surface area (Å²) in [6.07, 6.45) is 3.50. The van der Waals surface area contributed by atoms with Gasteiger partial charge in [0.15, 0.2) is 0 Å². The smallest absolute Gasteiger partial charge is 0.259 e. The van der Waals surface area contributed by atoms with Crippen molar-refractivity contribution in [3.63, 3.8) is 0 Å². The first-order chi connectivity index (χ1) is 11.1. The number of carbonyl (C=O) groups excluding carboxylic acids is 1. The van der Waals surface area contributed by atoms with Gasteiger partial charge in [-0.25, -0.2) is 4.98 Å². The van der Waals surface area contributed by atoms with Crippen molar-refractivity contribution in [1.29, 1.82) is 0 Å². The SMILES string of the molecule is Cl.Cl.NC1CCCN(C(=O)c2cccnc2Oc2cccc(Br)c2)C1. The number of hydrogen-bond donors (Lipinski definition) is 1. The van der Waals surface area contributed by atoms with Crippen LogP contribution in [0.4, 0.5) is 0 Å². The van der Waals surface area contributed by atoms with E-state index in [4.69, 9.17) is 10.5 Å². The molecule has 136 valence electrons. The van der Waals surface area contributed by atoms with Crippen molar-refractivity contribution < 1.29 is 9.53 Å². The highest BCUT2D eigenvalue weighted by Crippen LogP contribution is 2.26. The van der Waals surface area contributed by atoms with Gasteiger partial charge in [-0.05, 0) is 43.2 Å². The number of amides is 1. The third-order valence-corrected chi connectivity index (χ3v) is 4.25. The molecule has 1 saturated heterocycles. The number of rotatable bonds is 3. The number of carbonyl (C=O) groups is 1. The third-order valence-electron chi connectivity index (χ3n) is 3.76. The topological polar surface area (TPSA) is 68.5 Å². The van der Waals surface area contributed by atoms with Crippen LogP contribution >= 0.6 is 40.7 Å². The lowest BCUT2D eigenvalue weighted by Crippen LogP contribution is -2.45. The van der Waals surface area contributed by atoms with Gasteiger partial charge in [-0.1, -0.05) is 22.0 Å². The molecule has 1 aromatic heterocycles. The van der Waals surface area contributed by atoms with Crippen LogP contribution in [0.25, 0.3) is 0 Å². The fourth-order valence-corrected chi connectivity index (χ4v) is 3.02. The summed E-state index contributed by atoms with van der Waals surface area (Å²) in [5.74, 6) is 0.857. The first-order valence-electron chi connectivity index (χ1n) is 7.57. The first kappa shape index (κ1) is 21.7. The molecule has 2 heterocycles. The maximum Gasteiger partial charge on any atom is 0.259 e. The summed E-state index contributed by atoms with van der Waals surface area (Å²) in [5, 5.41) is 0. The minimum Gasteiger partial charge on any atom is -0.438 e. The van der Waals surface area contributed by atoms with Crippen LogP contribution in [0, 0.1) is 0 Å². The number of pyridine rings is 1. The van der Waals surface area contributed by atoms with Crippen molar-refractivity contribution in [3.05, 3.63) is 52.6 Å². The molecule has 0 spiro atoms. The molecular weight excluding hydrogens is 429 g/mol. The molecule has 1 unspecified atom stereocenters. The number of nitrogens with two attached hydrogens (primary N) is 1. The molecule has 5 nitrogen and oxygen atoms in total. The summed E-state index contributed by atoms with van der Waals surface area (Å²) in [6.45, 7) is 1.29. The molecule has 2 aromatic rings. The van der Waals surface area contributed by atoms with Gasteiger partial charge < -0.3 is 15.4 Å². The van der Waals surface area contributed by atoms with Gasteiger partial charge in [0.2, 0.25) is 5.88 Å². The molecule has 1 fully saturated rings. The quantitative estimate of drug-likeness (QED) is 0.769. The van der Waals surface area contributed by atoms with Crippen molar-refractivity contribution in [1.82, 2.24) is 9.88 Å². The van der Waals surface area contributed by atoms with Crippen LogP contribution < -0.4 is 10.5 Å². The van der Waals surface area contributed by atoms with E-state index < -0.39 is 0 Å². The minimum absolute atomic E-state index is 0. The molecular formula is C17H20BrCl2N3O2. The summed E-state index contributed by atoms with van der Waals surface area (Å²) in [7, 11) is 0. The molecule has 0 aliphatic carbocycles. The highest BCUT2D eigenvalue weighted by molar-refractivity contribution is 9.10. The second kappa shape index (κ2) is 9.97. The van der Waals surface area contributed by atoms with E-state index in [1.165, 1.54) is 0 Å². The van der Waals surface area contributed by atoms with Gasteiger partial charge in [0, 0.05) is 29.8 Å². The van der Waals surface area contributed by atoms with E-state index in [0.29, 0.717) is 23.7 Å². The van der Waals surface area contributed by atoms with Crippen LogP contribution in [0.5, 0.6) is 11.6 Å². The Morgan fingerprint density at radius 2 is 2.08 bits per heavy atom. The zero-order chi connectivity index (χ0) is 16.2. The second-order valence-corrected chi connectivity index (χ2v) is 6.48. The fourth-order valence-electron chi connectivity index (χ4n) is 2.64. The molecule has 2 N–H and O–H groups in total. The number of ether oxygens (including phenoxy) is 1. The monoisotopic (exact) mass is 447 g/mol. The van der Waals surface area contributed by atoms with Crippen LogP contribution in [0.2, 0.25) is 0 Å². The lowest BCUT2D eigenvalue weighted by Gasteiger charge is -2.31. The molecule has 25 heavy (non-hydrogen) atoms. The van der Waals surface area contributed by atoms with Gasteiger partial charge in [-0.3, -0.25) is 4.79 Å².